The van der Waals surface area contributed by atoms with E-state index < -0.39 is 0 Å². The number of nitrogens with one attached hydrogen (secondary N) is 2. The predicted molar refractivity (Wildman–Crippen MR) is 280 cm³/mol. The van der Waals surface area contributed by atoms with Crippen LogP contribution >= 0.6 is 0 Å². The number of anilines is 7. The summed E-state index contributed by atoms with van der Waals surface area (Å²) < 4.78 is 4.84. The fraction of sp³-hybridized carbons (Fsp3) is 0.283. The van der Waals surface area contributed by atoms with Crippen molar-refractivity contribution < 1.29 is 14.4 Å². The monoisotopic (exact) mass is 957 g/mol. The Labute approximate surface area is 412 Å². The van der Waals surface area contributed by atoms with Gasteiger partial charge in [0.15, 0.2) is 11.6 Å². The summed E-state index contributed by atoms with van der Waals surface area (Å²) in [6.45, 7) is 12.2. The van der Waals surface area contributed by atoms with E-state index in [1.807, 2.05) is 112 Å². The van der Waals surface area contributed by atoms with Gasteiger partial charge in [0.05, 0.1) is 23.9 Å². The molecular formula is C53H59N13O5. The van der Waals surface area contributed by atoms with Crippen LogP contribution < -0.4 is 41.4 Å². The maximum Gasteiger partial charge on any atom is 0.330 e. The highest BCUT2D eigenvalue weighted by molar-refractivity contribution is 6.07. The van der Waals surface area contributed by atoms with Crippen LogP contribution in [0.3, 0.4) is 0 Å². The van der Waals surface area contributed by atoms with E-state index in [0.717, 1.165) is 50.7 Å². The molecule has 4 aromatic carbocycles. The molecule has 2 N–H and O–H groups in total. The fourth-order valence-corrected chi connectivity index (χ4v) is 8.71. The predicted octanol–water partition coefficient (Wildman–Crippen LogP) is 7.71. The van der Waals surface area contributed by atoms with Crippen molar-refractivity contribution in [3.8, 4) is 22.5 Å². The summed E-state index contributed by atoms with van der Waals surface area (Å²) in [7, 11) is 8.65. The molecule has 5 heterocycles. The van der Waals surface area contributed by atoms with Crippen molar-refractivity contribution >= 4 is 58.2 Å². The molecule has 7 aromatic rings. The van der Waals surface area contributed by atoms with Crippen molar-refractivity contribution in [2.24, 2.45) is 21.1 Å². The molecule has 366 valence electrons. The Balaban J connectivity index is 0.000000194. The van der Waals surface area contributed by atoms with Crippen LogP contribution in [0.15, 0.2) is 119 Å². The lowest BCUT2D eigenvalue weighted by molar-refractivity contribution is 0.0827. The molecule has 2 aliphatic rings. The van der Waals surface area contributed by atoms with E-state index in [-0.39, 0.29) is 40.9 Å². The van der Waals surface area contributed by atoms with Gasteiger partial charge in [-0.3, -0.25) is 34.0 Å². The third-order valence-electron chi connectivity index (χ3n) is 12.5. The minimum Gasteiger partial charge on any atom is -0.363 e. The normalized spacial score (nSPS) is 13.5. The first kappa shape index (κ1) is 48.9. The van der Waals surface area contributed by atoms with E-state index in [0.29, 0.717) is 54.6 Å². The van der Waals surface area contributed by atoms with Crippen LogP contribution in [0.5, 0.6) is 0 Å². The van der Waals surface area contributed by atoms with Gasteiger partial charge in [-0.25, -0.2) is 24.5 Å². The number of hydrogen-bond acceptors (Lipinski definition) is 10. The summed E-state index contributed by atoms with van der Waals surface area (Å²) in [5.41, 5.74) is 9.25. The summed E-state index contributed by atoms with van der Waals surface area (Å²) in [6.07, 6.45) is 6.78. The molecule has 0 radical (unpaired) electrons. The lowest BCUT2D eigenvalue weighted by atomic mass is 10.0. The maximum atomic E-state index is 13.3. The highest BCUT2D eigenvalue weighted by atomic mass is 16.2. The number of hydrogen-bond donors (Lipinski definition) is 2. The van der Waals surface area contributed by atoms with Crippen LogP contribution in [-0.4, -0.2) is 97.8 Å². The average Bonchev–Trinajstić information content (AvgIpc) is 4.06. The maximum absolute atomic E-state index is 13.3. The van der Waals surface area contributed by atoms with Gasteiger partial charge in [0.25, 0.3) is 17.0 Å². The molecule has 18 nitrogen and oxygen atoms in total. The van der Waals surface area contributed by atoms with E-state index in [1.165, 1.54) is 9.47 Å². The first-order valence-corrected chi connectivity index (χ1v) is 23.3. The second-order valence-corrected chi connectivity index (χ2v) is 18.3. The number of aromatic nitrogens is 6. The number of aryl methyl sites for hydroxylation is 4. The standard InChI is InChI=1S/C28H30N8O3.C25H29N5O2/c1-18-21(7-6-8-23(18)35-13-14-36(28(35)39)24-15-29-17-34(24)5)22-16-33(4)27(38)25(31-22)30-20-11-9-19(10-12-20)26(37)32(2)3;1-16(2)26-23-24(31)28(5)15-21(27-23)20-7-6-8-22(18(20)4)30-14-13-29(25(30)32)19-11-9-17(3)10-12-19/h6-12,15-17H,13-14H2,1-5H3,(H,30,31);6-12,15-16H,13-14H2,1-5H3,(H,26,27). The Morgan fingerprint density at radius 1 is 0.620 bits per heavy atom. The Kier molecular flexibility index (Phi) is 13.9. The largest absolute Gasteiger partial charge is 0.363 e. The summed E-state index contributed by atoms with van der Waals surface area (Å²) in [5.74, 6) is 1.12. The highest BCUT2D eigenvalue weighted by Crippen LogP contribution is 2.35. The molecule has 0 aliphatic carbocycles. The molecule has 2 saturated heterocycles. The van der Waals surface area contributed by atoms with Gasteiger partial charge in [0, 0.05) is 119 Å². The Morgan fingerprint density at radius 3 is 1.65 bits per heavy atom. The smallest absolute Gasteiger partial charge is 0.330 e. The molecule has 0 spiro atoms. The van der Waals surface area contributed by atoms with Crippen molar-refractivity contribution in [3.63, 3.8) is 0 Å². The molecule has 71 heavy (non-hydrogen) atoms. The van der Waals surface area contributed by atoms with Crippen LogP contribution in [0.25, 0.3) is 22.5 Å². The van der Waals surface area contributed by atoms with Gasteiger partial charge >= 0.3 is 12.1 Å². The number of carbonyl (C=O) groups is 3. The van der Waals surface area contributed by atoms with Gasteiger partial charge in [-0.05, 0) is 94.3 Å². The number of nitrogens with zero attached hydrogens (tertiary/aromatic N) is 11. The van der Waals surface area contributed by atoms with Crippen molar-refractivity contribution in [2.45, 2.75) is 40.7 Å². The van der Waals surface area contributed by atoms with Crippen LogP contribution in [0.4, 0.5) is 49.8 Å². The van der Waals surface area contributed by atoms with Crippen LogP contribution in [-0.2, 0) is 21.1 Å². The molecular weight excluding hydrogens is 899 g/mol. The van der Waals surface area contributed by atoms with E-state index in [9.17, 15) is 24.0 Å². The van der Waals surface area contributed by atoms with Crippen molar-refractivity contribution in [1.29, 1.82) is 0 Å². The zero-order valence-corrected chi connectivity index (χ0v) is 41.8. The van der Waals surface area contributed by atoms with Crippen LogP contribution in [0.1, 0.15) is 40.9 Å². The van der Waals surface area contributed by atoms with Gasteiger partial charge < -0.3 is 29.2 Å². The SMILES string of the molecule is Cc1c(-c2cn(C)c(=O)c(Nc3ccc(C(=O)N(C)C)cc3)n2)cccc1N1CCN(c2cncn2C)C1=O.Cc1ccc(N2CCN(c3cccc(-c4cn(C)c(=O)c(NC(C)C)n4)c3C)C2=O)cc1. The lowest BCUT2D eigenvalue weighted by Crippen LogP contribution is -2.33. The molecule has 2 aliphatic heterocycles. The number of urea groups is 2. The van der Waals surface area contributed by atoms with Gasteiger partial charge in [0.1, 0.15) is 5.82 Å². The molecule has 9 rings (SSSR count). The topological polar surface area (TPSA) is 179 Å². The Morgan fingerprint density at radius 2 is 1.13 bits per heavy atom. The molecule has 2 fully saturated rings. The van der Waals surface area contributed by atoms with Crippen LogP contribution in [0.2, 0.25) is 0 Å². The second-order valence-electron chi connectivity index (χ2n) is 18.3. The number of amides is 5. The van der Waals surface area contributed by atoms with Gasteiger partial charge in [-0.15, -0.1) is 0 Å². The Hall–Kier alpha value is -8.54. The molecule has 3 aromatic heterocycles. The summed E-state index contributed by atoms with van der Waals surface area (Å²) in [4.78, 5) is 86.1. The molecule has 0 atom stereocenters. The third kappa shape index (κ3) is 9.99. The summed E-state index contributed by atoms with van der Waals surface area (Å²) in [5, 5.41) is 6.23. The highest BCUT2D eigenvalue weighted by Gasteiger charge is 2.34. The van der Waals surface area contributed by atoms with Crippen LogP contribution in [0, 0.1) is 20.8 Å². The summed E-state index contributed by atoms with van der Waals surface area (Å²) in [6, 6.07) is 26.4. The number of rotatable bonds is 11. The molecule has 18 heteroatoms. The lowest BCUT2D eigenvalue weighted by Gasteiger charge is -2.22. The Bertz CT molecular complexity index is 3270. The fourth-order valence-electron chi connectivity index (χ4n) is 8.71. The quantitative estimate of drug-likeness (QED) is 0.131. The van der Waals surface area contributed by atoms with E-state index >= 15 is 0 Å². The van der Waals surface area contributed by atoms with E-state index in [2.05, 4.69) is 25.6 Å². The van der Waals surface area contributed by atoms with Crippen molar-refractivity contribution in [3.05, 3.63) is 153 Å². The second kappa shape index (κ2) is 20.2. The zero-order valence-electron chi connectivity index (χ0n) is 41.8. The first-order chi connectivity index (χ1) is 33.9. The van der Waals surface area contributed by atoms with Crippen molar-refractivity contribution in [2.75, 3.05) is 70.5 Å². The minimum absolute atomic E-state index is 0.0373. The van der Waals surface area contributed by atoms with Crippen molar-refractivity contribution in [1.82, 2.24) is 33.6 Å². The third-order valence-corrected chi connectivity index (χ3v) is 12.5. The summed E-state index contributed by atoms with van der Waals surface area (Å²) >= 11 is 0. The number of benzene rings is 4. The number of carbonyl (C=O) groups excluding carboxylic acids is 3. The molecule has 0 bridgehead atoms. The molecule has 0 saturated carbocycles. The molecule has 0 unspecified atom stereocenters. The number of imidazole rings is 1. The van der Waals surface area contributed by atoms with Gasteiger partial charge in [0.2, 0.25) is 0 Å². The van der Waals surface area contributed by atoms with Gasteiger partial charge in [-0.1, -0.05) is 42.0 Å². The molecule has 5 amide bonds. The minimum atomic E-state index is -0.289. The zero-order chi connectivity index (χ0) is 50.8. The average molecular weight is 958 g/mol. The van der Waals surface area contributed by atoms with Gasteiger partial charge in [-0.2, -0.15) is 0 Å². The van der Waals surface area contributed by atoms with E-state index in [1.54, 1.807) is 96.6 Å². The van der Waals surface area contributed by atoms with E-state index in [4.69, 9.17) is 0 Å². The first-order valence-electron chi connectivity index (χ1n) is 23.3.